The number of aliphatic hydroxyl groups excluding tert-OH is 4. The molecule has 0 aliphatic carbocycles. The van der Waals surface area contributed by atoms with E-state index in [0.29, 0.717) is 0 Å². The first kappa shape index (κ1) is 16.9. The van der Waals surface area contributed by atoms with Gasteiger partial charge in [-0.15, -0.1) is 0 Å². The van der Waals surface area contributed by atoms with Crippen molar-refractivity contribution in [1.82, 2.24) is 0 Å². The minimum atomic E-state index is -1.38. The van der Waals surface area contributed by atoms with Crippen LogP contribution in [0.25, 0.3) is 0 Å². The second-order valence-corrected chi connectivity index (χ2v) is 3.67. The number of nitrogens with two attached hydrogens (primary N) is 1. The molecular formula is C9H17NO8. The summed E-state index contributed by atoms with van der Waals surface area (Å²) in [7, 11) is 0. The van der Waals surface area contributed by atoms with Crippen molar-refractivity contribution in [2.45, 2.75) is 37.6 Å². The van der Waals surface area contributed by atoms with Crippen LogP contribution in [0.15, 0.2) is 0 Å². The maximum atomic E-state index is 9.54. The first-order valence-corrected chi connectivity index (χ1v) is 5.02. The number of carbonyl (C=O) groups excluding carboxylic acids is 1. The molecule has 7 N–H and O–H groups in total. The topological polar surface area (TPSA) is 171 Å². The standard InChI is InChI=1S/C6H13NO5.C3H4O3/c7-3-5(10)4(9)2(1-8)12-6(3)11;1-2(4)3(5)6/h2-6,8-11H,1,7H2;1H3,(H,5,6)/t2-,3+,4-,5-,6?;/m1./s1. The summed E-state index contributed by atoms with van der Waals surface area (Å²) in [5.74, 6) is -2.20. The Morgan fingerprint density at radius 1 is 1.22 bits per heavy atom. The predicted octanol–water partition coefficient (Wildman–Crippen LogP) is -3.59. The fourth-order valence-electron chi connectivity index (χ4n) is 1.12. The lowest BCUT2D eigenvalue weighted by Crippen LogP contribution is -2.61. The fourth-order valence-corrected chi connectivity index (χ4v) is 1.12. The van der Waals surface area contributed by atoms with Gasteiger partial charge in [-0.05, 0) is 0 Å². The fraction of sp³-hybridized carbons (Fsp3) is 0.778. The summed E-state index contributed by atoms with van der Waals surface area (Å²) in [6.45, 7) is 0.532. The molecule has 1 aliphatic heterocycles. The summed E-state index contributed by atoms with van der Waals surface area (Å²) in [6, 6.07) is -1.04. The average molecular weight is 267 g/mol. The second-order valence-electron chi connectivity index (χ2n) is 3.67. The van der Waals surface area contributed by atoms with E-state index in [0.717, 1.165) is 6.92 Å². The normalized spacial score (nSPS) is 35.3. The number of carboxylic acids is 1. The van der Waals surface area contributed by atoms with Gasteiger partial charge in [0.2, 0.25) is 5.78 Å². The summed E-state index contributed by atoms with van der Waals surface area (Å²) in [6.07, 6.45) is -4.85. The van der Waals surface area contributed by atoms with Gasteiger partial charge in [0.25, 0.3) is 0 Å². The maximum Gasteiger partial charge on any atom is 0.371 e. The Bertz CT molecular complexity index is 280. The molecule has 106 valence electrons. The van der Waals surface area contributed by atoms with Crippen molar-refractivity contribution in [3.63, 3.8) is 0 Å². The van der Waals surface area contributed by atoms with Gasteiger partial charge in [0.1, 0.15) is 18.3 Å². The van der Waals surface area contributed by atoms with E-state index in [4.69, 9.17) is 25.8 Å². The van der Waals surface area contributed by atoms with Gasteiger partial charge >= 0.3 is 5.97 Å². The highest BCUT2D eigenvalue weighted by Crippen LogP contribution is 2.17. The Hall–Kier alpha value is -1.10. The number of hydrogen-bond donors (Lipinski definition) is 6. The smallest absolute Gasteiger partial charge is 0.371 e. The molecule has 1 aliphatic rings. The van der Waals surface area contributed by atoms with Gasteiger partial charge in [-0.3, -0.25) is 4.79 Å². The van der Waals surface area contributed by atoms with Crippen LogP contribution < -0.4 is 5.73 Å². The van der Waals surface area contributed by atoms with E-state index in [-0.39, 0.29) is 0 Å². The lowest BCUT2D eigenvalue weighted by molar-refractivity contribution is -0.248. The van der Waals surface area contributed by atoms with Gasteiger partial charge in [-0.2, -0.15) is 0 Å². The highest BCUT2D eigenvalue weighted by Gasteiger charge is 2.41. The van der Waals surface area contributed by atoms with Crippen molar-refractivity contribution in [2.24, 2.45) is 5.73 Å². The SMILES string of the molecule is CC(=O)C(=O)O.N[C@@H]1C(O)O[C@H](CO)[C@@H](O)[C@@H]1O. The molecular weight excluding hydrogens is 250 g/mol. The van der Waals surface area contributed by atoms with Crippen LogP contribution in [0.2, 0.25) is 0 Å². The zero-order valence-electron chi connectivity index (χ0n) is 9.63. The molecule has 5 atom stereocenters. The summed E-state index contributed by atoms with van der Waals surface area (Å²) >= 11 is 0. The van der Waals surface area contributed by atoms with Crippen LogP contribution in [-0.2, 0) is 14.3 Å². The monoisotopic (exact) mass is 267 g/mol. The number of carboxylic acid groups (broad SMARTS) is 1. The van der Waals surface area contributed by atoms with Crippen LogP contribution in [0.5, 0.6) is 0 Å². The summed E-state index contributed by atoms with van der Waals surface area (Å²) in [5, 5.41) is 43.7. The number of ether oxygens (including phenoxy) is 1. The predicted molar refractivity (Wildman–Crippen MR) is 56.3 cm³/mol. The van der Waals surface area contributed by atoms with Gasteiger partial charge < -0.3 is 36.0 Å². The van der Waals surface area contributed by atoms with E-state index in [9.17, 15) is 19.8 Å². The van der Waals surface area contributed by atoms with Gasteiger partial charge in [0.15, 0.2) is 6.29 Å². The van der Waals surface area contributed by atoms with Crippen LogP contribution in [0.3, 0.4) is 0 Å². The van der Waals surface area contributed by atoms with Crippen LogP contribution >= 0.6 is 0 Å². The number of aliphatic carboxylic acids is 1. The van der Waals surface area contributed by atoms with Crippen molar-refractivity contribution < 1.29 is 39.9 Å². The van der Waals surface area contributed by atoms with Crippen LogP contribution in [-0.4, -0.2) is 74.5 Å². The number of ketones is 1. The Labute approximate surface area is 102 Å². The molecule has 1 unspecified atom stereocenters. The molecule has 0 aromatic heterocycles. The van der Waals surface area contributed by atoms with E-state index in [2.05, 4.69) is 0 Å². The molecule has 0 aromatic carbocycles. The highest BCUT2D eigenvalue weighted by atomic mass is 16.6. The molecule has 9 heteroatoms. The number of rotatable bonds is 2. The van der Waals surface area contributed by atoms with Crippen LogP contribution in [0.4, 0.5) is 0 Å². The molecule has 0 spiro atoms. The second kappa shape index (κ2) is 7.36. The van der Waals surface area contributed by atoms with Crippen molar-refractivity contribution in [1.29, 1.82) is 0 Å². The quantitative estimate of drug-likeness (QED) is 0.276. The number of carbonyl (C=O) groups is 2. The Morgan fingerprint density at radius 3 is 2.00 bits per heavy atom. The van der Waals surface area contributed by atoms with Crippen LogP contribution in [0.1, 0.15) is 6.92 Å². The van der Waals surface area contributed by atoms with Crippen molar-refractivity contribution >= 4 is 11.8 Å². The van der Waals surface area contributed by atoms with Gasteiger partial charge in [0, 0.05) is 6.92 Å². The Balaban J connectivity index is 0.000000411. The summed E-state index contributed by atoms with van der Waals surface area (Å²) in [5.41, 5.74) is 5.26. The van der Waals surface area contributed by atoms with Gasteiger partial charge in [0.05, 0.1) is 12.6 Å². The molecule has 1 saturated heterocycles. The number of hydrogen-bond acceptors (Lipinski definition) is 8. The minimum absolute atomic E-state index is 0.470. The van der Waals surface area contributed by atoms with E-state index >= 15 is 0 Å². The maximum absolute atomic E-state index is 9.54. The molecule has 1 heterocycles. The molecule has 1 rings (SSSR count). The molecule has 18 heavy (non-hydrogen) atoms. The molecule has 9 nitrogen and oxygen atoms in total. The van der Waals surface area contributed by atoms with Crippen molar-refractivity contribution in [3.8, 4) is 0 Å². The first-order valence-electron chi connectivity index (χ1n) is 5.02. The minimum Gasteiger partial charge on any atom is -0.476 e. The highest BCUT2D eigenvalue weighted by molar-refractivity contribution is 6.31. The zero-order valence-corrected chi connectivity index (χ0v) is 9.63. The lowest BCUT2D eigenvalue weighted by atomic mass is 9.98. The third-order valence-electron chi connectivity index (χ3n) is 2.25. The summed E-state index contributed by atoms with van der Waals surface area (Å²) in [4.78, 5) is 18.9. The Kier molecular flexibility index (Phi) is 6.91. The van der Waals surface area contributed by atoms with E-state index < -0.39 is 49.0 Å². The van der Waals surface area contributed by atoms with Crippen molar-refractivity contribution in [2.75, 3.05) is 6.61 Å². The molecule has 0 aromatic rings. The van der Waals surface area contributed by atoms with Crippen molar-refractivity contribution in [3.05, 3.63) is 0 Å². The number of Topliss-reactive ketones (excluding diaryl/α,β-unsaturated/α-hetero) is 1. The molecule has 0 amide bonds. The molecule has 0 bridgehead atoms. The number of aliphatic hydroxyl groups is 4. The third kappa shape index (κ3) is 4.64. The summed E-state index contributed by atoms with van der Waals surface area (Å²) < 4.78 is 4.70. The van der Waals surface area contributed by atoms with Gasteiger partial charge in [-0.25, -0.2) is 4.79 Å². The lowest BCUT2D eigenvalue weighted by Gasteiger charge is -2.38. The zero-order chi connectivity index (χ0) is 14.5. The first-order chi connectivity index (χ1) is 8.22. The average Bonchev–Trinajstić information content (AvgIpc) is 2.31. The molecule has 0 radical (unpaired) electrons. The largest absolute Gasteiger partial charge is 0.476 e. The van der Waals surface area contributed by atoms with Crippen LogP contribution in [0, 0.1) is 0 Å². The van der Waals surface area contributed by atoms with Gasteiger partial charge in [-0.1, -0.05) is 0 Å². The van der Waals surface area contributed by atoms with E-state index in [1.54, 1.807) is 0 Å². The Morgan fingerprint density at radius 2 is 1.67 bits per heavy atom. The molecule has 0 saturated carbocycles. The molecule has 1 fully saturated rings. The van der Waals surface area contributed by atoms with E-state index in [1.807, 2.05) is 0 Å². The van der Waals surface area contributed by atoms with E-state index in [1.165, 1.54) is 0 Å². The third-order valence-corrected chi connectivity index (χ3v) is 2.25.